The first-order valence-electron chi connectivity index (χ1n) is 7.56. The lowest BCUT2D eigenvalue weighted by Gasteiger charge is -2.16. The topological polar surface area (TPSA) is 58.2 Å². The molecule has 1 aromatic rings. The first kappa shape index (κ1) is 15.5. The number of hydrogen-bond acceptors (Lipinski definition) is 2. The summed E-state index contributed by atoms with van der Waals surface area (Å²) in [6.45, 7) is 7.19. The zero-order valence-corrected chi connectivity index (χ0v) is 13.0. The van der Waals surface area contributed by atoms with Gasteiger partial charge in [0.15, 0.2) is 0 Å². The third kappa shape index (κ3) is 3.84. The maximum absolute atomic E-state index is 12.3. The molecular formula is C17H24N2O2. The van der Waals surface area contributed by atoms with E-state index in [0.717, 1.165) is 11.1 Å². The van der Waals surface area contributed by atoms with E-state index >= 15 is 0 Å². The zero-order valence-electron chi connectivity index (χ0n) is 13.0. The number of benzene rings is 1. The Morgan fingerprint density at radius 1 is 1.19 bits per heavy atom. The van der Waals surface area contributed by atoms with Crippen LogP contribution in [0.5, 0.6) is 0 Å². The fraction of sp³-hybridized carbons (Fsp3) is 0.529. The van der Waals surface area contributed by atoms with Gasteiger partial charge in [0.2, 0.25) is 11.8 Å². The van der Waals surface area contributed by atoms with Crippen LogP contribution in [-0.4, -0.2) is 18.4 Å². The van der Waals surface area contributed by atoms with Gasteiger partial charge in [-0.3, -0.25) is 9.59 Å². The number of carbonyl (C=O) groups is 2. The van der Waals surface area contributed by atoms with Gasteiger partial charge in [-0.1, -0.05) is 43.7 Å². The van der Waals surface area contributed by atoms with Gasteiger partial charge in [-0.25, -0.2) is 0 Å². The van der Waals surface area contributed by atoms with Crippen molar-refractivity contribution in [2.75, 3.05) is 6.54 Å². The van der Waals surface area contributed by atoms with Crippen LogP contribution in [0, 0.1) is 18.3 Å². The molecule has 0 saturated heterocycles. The maximum atomic E-state index is 12.3. The van der Waals surface area contributed by atoms with Gasteiger partial charge in [-0.05, 0) is 31.2 Å². The number of rotatable bonds is 6. The van der Waals surface area contributed by atoms with Gasteiger partial charge in [0.25, 0.3) is 0 Å². The lowest BCUT2D eigenvalue weighted by Crippen LogP contribution is -2.43. The van der Waals surface area contributed by atoms with Crippen molar-refractivity contribution in [1.29, 1.82) is 0 Å². The van der Waals surface area contributed by atoms with E-state index in [1.165, 1.54) is 0 Å². The Labute approximate surface area is 126 Å². The van der Waals surface area contributed by atoms with Crippen LogP contribution in [0.3, 0.4) is 0 Å². The van der Waals surface area contributed by atoms with E-state index in [4.69, 9.17) is 0 Å². The highest BCUT2D eigenvalue weighted by Crippen LogP contribution is 2.46. The third-order valence-electron chi connectivity index (χ3n) is 3.83. The van der Waals surface area contributed by atoms with Crippen LogP contribution in [0.4, 0.5) is 0 Å². The van der Waals surface area contributed by atoms with Gasteiger partial charge in [-0.15, -0.1) is 0 Å². The monoisotopic (exact) mass is 288 g/mol. The fourth-order valence-corrected chi connectivity index (χ4v) is 2.32. The van der Waals surface area contributed by atoms with Gasteiger partial charge in [0.05, 0.1) is 0 Å². The molecule has 1 saturated carbocycles. The number of hydrogen-bond donors (Lipinski definition) is 2. The minimum absolute atomic E-state index is 0.127. The van der Waals surface area contributed by atoms with Gasteiger partial charge < -0.3 is 10.6 Å². The summed E-state index contributed by atoms with van der Waals surface area (Å²) in [4.78, 5) is 24.5. The van der Waals surface area contributed by atoms with Crippen LogP contribution in [0.25, 0.3) is 0 Å². The van der Waals surface area contributed by atoms with Crippen LogP contribution in [0.15, 0.2) is 24.3 Å². The highest BCUT2D eigenvalue weighted by atomic mass is 16.2. The summed E-state index contributed by atoms with van der Waals surface area (Å²) < 4.78 is 0. The Bertz CT molecular complexity index is 533. The minimum atomic E-state index is -0.821. The van der Waals surface area contributed by atoms with Gasteiger partial charge in [0, 0.05) is 13.1 Å². The molecule has 0 spiro atoms. The van der Waals surface area contributed by atoms with Crippen LogP contribution in [-0.2, 0) is 16.1 Å². The van der Waals surface area contributed by atoms with E-state index in [2.05, 4.69) is 10.6 Å². The van der Waals surface area contributed by atoms with Crippen LogP contribution in [0.1, 0.15) is 37.8 Å². The molecule has 0 bridgehead atoms. The summed E-state index contributed by atoms with van der Waals surface area (Å²) in [6, 6.07) is 8.01. The molecule has 1 aromatic carbocycles. The Balaban J connectivity index is 1.89. The highest BCUT2D eigenvalue weighted by Gasteiger charge is 2.56. The second-order valence-corrected chi connectivity index (χ2v) is 6.36. The van der Waals surface area contributed by atoms with Crippen molar-refractivity contribution in [1.82, 2.24) is 10.6 Å². The Kier molecular flexibility index (Phi) is 4.66. The van der Waals surface area contributed by atoms with E-state index in [-0.39, 0.29) is 11.8 Å². The van der Waals surface area contributed by atoms with Crippen LogP contribution >= 0.6 is 0 Å². The van der Waals surface area contributed by atoms with Crippen LogP contribution < -0.4 is 10.6 Å². The summed E-state index contributed by atoms with van der Waals surface area (Å²) >= 11 is 0. The summed E-state index contributed by atoms with van der Waals surface area (Å²) in [5, 5.41) is 5.77. The van der Waals surface area contributed by atoms with Crippen molar-refractivity contribution in [3.8, 4) is 0 Å². The summed E-state index contributed by atoms with van der Waals surface area (Å²) in [6.07, 6.45) is 1.30. The Morgan fingerprint density at radius 2 is 1.86 bits per heavy atom. The SMILES string of the molecule is Cc1cccc(CNC(=O)C2(C(=O)NCC(C)C)CC2)c1. The van der Waals surface area contributed by atoms with E-state index in [1.807, 2.05) is 45.0 Å². The molecule has 4 nitrogen and oxygen atoms in total. The van der Waals surface area contributed by atoms with Crippen molar-refractivity contribution in [2.45, 2.75) is 40.2 Å². The van der Waals surface area contributed by atoms with Gasteiger partial charge in [-0.2, -0.15) is 0 Å². The van der Waals surface area contributed by atoms with Crippen molar-refractivity contribution in [2.24, 2.45) is 11.3 Å². The molecule has 4 heteroatoms. The molecule has 0 heterocycles. The predicted octanol–water partition coefficient (Wildman–Crippen LogP) is 2.16. The standard InChI is InChI=1S/C17H24N2O2/c1-12(2)10-18-15(20)17(7-8-17)16(21)19-11-14-6-4-5-13(3)9-14/h4-6,9,12H,7-8,10-11H2,1-3H3,(H,18,20)(H,19,21). The predicted molar refractivity (Wildman–Crippen MR) is 82.5 cm³/mol. The third-order valence-corrected chi connectivity index (χ3v) is 3.83. The maximum Gasteiger partial charge on any atom is 0.235 e. The van der Waals surface area contributed by atoms with Crippen molar-refractivity contribution < 1.29 is 9.59 Å². The number of nitrogens with one attached hydrogen (secondary N) is 2. The smallest absolute Gasteiger partial charge is 0.235 e. The molecule has 0 radical (unpaired) electrons. The molecule has 2 N–H and O–H groups in total. The van der Waals surface area contributed by atoms with E-state index in [0.29, 0.717) is 31.8 Å². The minimum Gasteiger partial charge on any atom is -0.355 e. The van der Waals surface area contributed by atoms with Crippen molar-refractivity contribution in [3.63, 3.8) is 0 Å². The number of carbonyl (C=O) groups excluding carboxylic acids is 2. The lowest BCUT2D eigenvalue weighted by atomic mass is 10.0. The zero-order chi connectivity index (χ0) is 15.5. The van der Waals surface area contributed by atoms with Gasteiger partial charge >= 0.3 is 0 Å². The fourth-order valence-electron chi connectivity index (χ4n) is 2.32. The molecule has 2 amide bonds. The van der Waals surface area contributed by atoms with E-state index in [1.54, 1.807) is 0 Å². The number of aryl methyl sites for hydroxylation is 1. The van der Waals surface area contributed by atoms with E-state index in [9.17, 15) is 9.59 Å². The number of amides is 2. The van der Waals surface area contributed by atoms with Crippen molar-refractivity contribution in [3.05, 3.63) is 35.4 Å². The molecule has 21 heavy (non-hydrogen) atoms. The molecular weight excluding hydrogens is 264 g/mol. The molecule has 1 fully saturated rings. The molecule has 0 unspecified atom stereocenters. The quantitative estimate of drug-likeness (QED) is 0.788. The first-order valence-corrected chi connectivity index (χ1v) is 7.56. The summed E-state index contributed by atoms with van der Waals surface area (Å²) in [7, 11) is 0. The van der Waals surface area contributed by atoms with E-state index < -0.39 is 5.41 Å². The lowest BCUT2D eigenvalue weighted by molar-refractivity contribution is -0.137. The first-order chi connectivity index (χ1) is 9.94. The molecule has 0 aromatic heterocycles. The average molecular weight is 288 g/mol. The van der Waals surface area contributed by atoms with Crippen molar-refractivity contribution >= 4 is 11.8 Å². The highest BCUT2D eigenvalue weighted by molar-refractivity contribution is 6.07. The Morgan fingerprint density at radius 3 is 2.43 bits per heavy atom. The largest absolute Gasteiger partial charge is 0.355 e. The molecule has 0 aliphatic heterocycles. The average Bonchev–Trinajstić information content (AvgIpc) is 3.24. The van der Waals surface area contributed by atoms with Crippen LogP contribution in [0.2, 0.25) is 0 Å². The summed E-state index contributed by atoms with van der Waals surface area (Å²) in [5.74, 6) is 0.114. The summed E-state index contributed by atoms with van der Waals surface area (Å²) in [5.41, 5.74) is 1.40. The molecule has 114 valence electrons. The Hall–Kier alpha value is -1.84. The second-order valence-electron chi connectivity index (χ2n) is 6.36. The molecule has 1 aliphatic rings. The normalized spacial score (nSPS) is 15.6. The molecule has 0 atom stereocenters. The second kappa shape index (κ2) is 6.29. The molecule has 1 aliphatic carbocycles. The van der Waals surface area contributed by atoms with Gasteiger partial charge in [0.1, 0.15) is 5.41 Å². The molecule has 2 rings (SSSR count).